The fraction of sp³-hybridized carbons (Fsp3) is 0.647. The molecule has 2 aliphatic heterocycles. The molecule has 3 heterocycles. The second kappa shape index (κ2) is 7.09. The number of aliphatic hydroxyl groups excluding tert-OH is 1. The van der Waals surface area contributed by atoms with Crippen LogP contribution in [0.3, 0.4) is 0 Å². The van der Waals surface area contributed by atoms with Gasteiger partial charge in [-0.15, -0.1) is 0 Å². The summed E-state index contributed by atoms with van der Waals surface area (Å²) >= 11 is 0. The van der Waals surface area contributed by atoms with Crippen molar-refractivity contribution in [2.45, 2.75) is 32.1 Å². The number of carbonyl (C=O) groups excluding carboxylic acids is 1. The van der Waals surface area contributed by atoms with Crippen molar-refractivity contribution < 1.29 is 9.90 Å². The third-order valence-electron chi connectivity index (χ3n) is 4.83. The highest BCUT2D eigenvalue weighted by Gasteiger charge is 2.26. The maximum atomic E-state index is 12.9. The predicted molar refractivity (Wildman–Crippen MR) is 86.0 cm³/mol. The number of hydrogen-bond donors (Lipinski definition) is 1. The molecule has 0 saturated carbocycles. The number of likely N-dealkylation sites (tertiary alicyclic amines) is 1. The van der Waals surface area contributed by atoms with Crippen LogP contribution in [0, 0.1) is 5.92 Å². The van der Waals surface area contributed by atoms with Crippen LogP contribution in [0.1, 0.15) is 42.5 Å². The van der Waals surface area contributed by atoms with Crippen molar-refractivity contribution >= 4 is 11.7 Å². The molecule has 3 rings (SSSR count). The SMILES string of the molecule is O=C(c1cccnc1N1CCCCC1)N1CCC(CO)CC1. The van der Waals surface area contributed by atoms with E-state index >= 15 is 0 Å². The molecule has 0 atom stereocenters. The second-order valence-electron chi connectivity index (χ2n) is 6.34. The molecule has 0 aromatic carbocycles. The highest BCUT2D eigenvalue weighted by Crippen LogP contribution is 2.25. The third kappa shape index (κ3) is 3.24. The van der Waals surface area contributed by atoms with Crippen LogP contribution < -0.4 is 4.90 Å². The van der Waals surface area contributed by atoms with Gasteiger partial charge in [0.2, 0.25) is 0 Å². The zero-order valence-corrected chi connectivity index (χ0v) is 13.1. The summed E-state index contributed by atoms with van der Waals surface area (Å²) in [5.41, 5.74) is 0.729. The first kappa shape index (κ1) is 15.3. The van der Waals surface area contributed by atoms with Gasteiger partial charge in [0, 0.05) is 39.0 Å². The van der Waals surface area contributed by atoms with Crippen LogP contribution in [0.4, 0.5) is 5.82 Å². The van der Waals surface area contributed by atoms with E-state index in [9.17, 15) is 9.90 Å². The summed E-state index contributed by atoms with van der Waals surface area (Å²) in [7, 11) is 0. The molecular formula is C17H25N3O2. The van der Waals surface area contributed by atoms with Crippen LogP contribution in [-0.2, 0) is 0 Å². The maximum Gasteiger partial charge on any atom is 0.257 e. The minimum absolute atomic E-state index is 0.0880. The van der Waals surface area contributed by atoms with E-state index in [0.717, 1.165) is 50.4 Å². The standard InChI is InChI=1S/C17H25N3O2/c21-13-14-6-11-20(12-7-14)17(22)15-5-4-8-18-16(15)19-9-2-1-3-10-19/h4-5,8,14,21H,1-3,6-7,9-13H2. The number of carbonyl (C=O) groups is 1. The van der Waals surface area contributed by atoms with Crippen molar-refractivity contribution in [3.05, 3.63) is 23.9 Å². The van der Waals surface area contributed by atoms with Crippen LogP contribution in [0.2, 0.25) is 0 Å². The summed E-state index contributed by atoms with van der Waals surface area (Å²) in [6.07, 6.45) is 7.17. The minimum atomic E-state index is 0.0880. The third-order valence-corrected chi connectivity index (χ3v) is 4.83. The molecule has 1 N–H and O–H groups in total. The second-order valence-corrected chi connectivity index (χ2v) is 6.34. The Bertz CT molecular complexity index is 506. The first-order valence-electron chi connectivity index (χ1n) is 8.39. The molecule has 5 nitrogen and oxygen atoms in total. The Morgan fingerprint density at radius 1 is 1.18 bits per heavy atom. The predicted octanol–water partition coefficient (Wildman–Crippen LogP) is 1.92. The van der Waals surface area contributed by atoms with E-state index in [1.54, 1.807) is 6.20 Å². The number of rotatable bonds is 3. The van der Waals surface area contributed by atoms with E-state index < -0.39 is 0 Å². The summed E-state index contributed by atoms with van der Waals surface area (Å²) < 4.78 is 0. The molecular weight excluding hydrogens is 278 g/mol. The van der Waals surface area contributed by atoms with E-state index in [1.165, 1.54) is 19.3 Å². The van der Waals surface area contributed by atoms with Gasteiger partial charge in [-0.25, -0.2) is 4.98 Å². The molecule has 0 unspecified atom stereocenters. The zero-order valence-electron chi connectivity index (χ0n) is 13.1. The number of pyridine rings is 1. The van der Waals surface area contributed by atoms with Crippen LogP contribution in [0.15, 0.2) is 18.3 Å². The van der Waals surface area contributed by atoms with Crippen LogP contribution in [-0.4, -0.2) is 53.7 Å². The summed E-state index contributed by atoms with van der Waals surface area (Å²) in [5.74, 6) is 1.28. The summed E-state index contributed by atoms with van der Waals surface area (Å²) in [6.45, 7) is 3.68. The first-order valence-corrected chi connectivity index (χ1v) is 8.39. The lowest BCUT2D eigenvalue weighted by Crippen LogP contribution is -2.40. The topological polar surface area (TPSA) is 56.7 Å². The van der Waals surface area contributed by atoms with Gasteiger partial charge < -0.3 is 14.9 Å². The van der Waals surface area contributed by atoms with Gasteiger partial charge in [0.25, 0.3) is 5.91 Å². The van der Waals surface area contributed by atoms with Gasteiger partial charge in [0.1, 0.15) is 5.82 Å². The summed E-state index contributed by atoms with van der Waals surface area (Å²) in [4.78, 5) is 21.5. The Balaban J connectivity index is 1.75. The van der Waals surface area contributed by atoms with E-state index in [4.69, 9.17) is 0 Å². The Kier molecular flexibility index (Phi) is 4.93. The first-order chi connectivity index (χ1) is 10.8. The van der Waals surface area contributed by atoms with Crippen LogP contribution >= 0.6 is 0 Å². The molecule has 1 aromatic rings. The lowest BCUT2D eigenvalue weighted by Gasteiger charge is -2.33. The average molecular weight is 303 g/mol. The van der Waals surface area contributed by atoms with Crippen molar-refractivity contribution in [3.8, 4) is 0 Å². The molecule has 0 spiro atoms. The van der Waals surface area contributed by atoms with Gasteiger partial charge in [0.15, 0.2) is 0 Å². The maximum absolute atomic E-state index is 12.9. The van der Waals surface area contributed by atoms with Crippen molar-refractivity contribution in [3.63, 3.8) is 0 Å². The number of nitrogens with zero attached hydrogens (tertiary/aromatic N) is 3. The lowest BCUT2D eigenvalue weighted by molar-refractivity contribution is 0.0651. The van der Waals surface area contributed by atoms with Gasteiger partial charge in [-0.05, 0) is 50.2 Å². The molecule has 1 aromatic heterocycles. The lowest BCUT2D eigenvalue weighted by atomic mass is 9.97. The number of amides is 1. The minimum Gasteiger partial charge on any atom is -0.396 e. The summed E-state index contributed by atoms with van der Waals surface area (Å²) in [6, 6.07) is 3.75. The number of hydrogen-bond acceptors (Lipinski definition) is 4. The fourth-order valence-corrected chi connectivity index (χ4v) is 3.41. The smallest absolute Gasteiger partial charge is 0.257 e. The molecule has 0 aliphatic carbocycles. The van der Waals surface area contributed by atoms with Crippen molar-refractivity contribution in [1.29, 1.82) is 0 Å². The molecule has 2 fully saturated rings. The normalized spacial score (nSPS) is 20.2. The average Bonchev–Trinajstić information content (AvgIpc) is 2.62. The molecule has 5 heteroatoms. The number of aliphatic hydroxyl groups is 1. The van der Waals surface area contributed by atoms with Gasteiger partial charge in [-0.3, -0.25) is 4.79 Å². The van der Waals surface area contributed by atoms with Gasteiger partial charge in [-0.2, -0.15) is 0 Å². The monoisotopic (exact) mass is 303 g/mol. The van der Waals surface area contributed by atoms with Crippen molar-refractivity contribution in [2.24, 2.45) is 5.92 Å². The van der Waals surface area contributed by atoms with Gasteiger partial charge in [-0.1, -0.05) is 0 Å². The highest BCUT2D eigenvalue weighted by atomic mass is 16.3. The molecule has 2 aliphatic rings. The van der Waals surface area contributed by atoms with Crippen LogP contribution in [0.25, 0.3) is 0 Å². The molecule has 0 radical (unpaired) electrons. The van der Waals surface area contributed by atoms with Gasteiger partial charge in [0.05, 0.1) is 5.56 Å². The molecule has 120 valence electrons. The van der Waals surface area contributed by atoms with Crippen molar-refractivity contribution in [1.82, 2.24) is 9.88 Å². The molecule has 22 heavy (non-hydrogen) atoms. The zero-order chi connectivity index (χ0) is 15.4. The number of anilines is 1. The van der Waals surface area contributed by atoms with E-state index in [1.807, 2.05) is 17.0 Å². The van der Waals surface area contributed by atoms with Crippen molar-refractivity contribution in [2.75, 3.05) is 37.7 Å². The van der Waals surface area contributed by atoms with E-state index in [0.29, 0.717) is 5.92 Å². The van der Waals surface area contributed by atoms with E-state index in [-0.39, 0.29) is 12.5 Å². The molecule has 1 amide bonds. The summed E-state index contributed by atoms with van der Waals surface area (Å²) in [5, 5.41) is 9.23. The van der Waals surface area contributed by atoms with E-state index in [2.05, 4.69) is 9.88 Å². The van der Waals surface area contributed by atoms with Gasteiger partial charge >= 0.3 is 0 Å². The number of piperidine rings is 2. The number of aromatic nitrogens is 1. The quantitative estimate of drug-likeness (QED) is 0.927. The molecule has 2 saturated heterocycles. The Morgan fingerprint density at radius 3 is 2.59 bits per heavy atom. The highest BCUT2D eigenvalue weighted by molar-refractivity contribution is 5.99. The Morgan fingerprint density at radius 2 is 1.91 bits per heavy atom. The van der Waals surface area contributed by atoms with Crippen LogP contribution in [0.5, 0.6) is 0 Å². The Labute approximate surface area is 131 Å². The Hall–Kier alpha value is -1.62. The largest absolute Gasteiger partial charge is 0.396 e. The molecule has 0 bridgehead atoms. The fourth-order valence-electron chi connectivity index (χ4n) is 3.41.